The van der Waals surface area contributed by atoms with Crippen molar-refractivity contribution in [2.24, 2.45) is 0 Å². The van der Waals surface area contributed by atoms with Gasteiger partial charge in [-0.25, -0.2) is 0 Å². The molecule has 3 rings (SSSR count). The molecule has 0 aliphatic carbocycles. The average molecular weight is 178 g/mol. The fraction of sp³-hybridized carbons (Fsp3) is 0.700. The van der Waals surface area contributed by atoms with Crippen molar-refractivity contribution in [3.05, 3.63) is 17.5 Å². The number of nitrogens with zero attached hydrogens (tertiary/aromatic N) is 1. The summed E-state index contributed by atoms with van der Waals surface area (Å²) in [5.74, 6) is 1.66. The van der Waals surface area contributed by atoms with Gasteiger partial charge in [-0.2, -0.15) is 0 Å². The third kappa shape index (κ3) is 1.10. The molecule has 0 radical (unpaired) electrons. The van der Waals surface area contributed by atoms with Crippen LogP contribution in [0.5, 0.6) is 0 Å². The smallest absolute Gasteiger partial charge is 0.141 e. The third-order valence-corrected chi connectivity index (χ3v) is 3.31. The number of aromatic nitrogens is 1. The van der Waals surface area contributed by atoms with Gasteiger partial charge >= 0.3 is 0 Å². The van der Waals surface area contributed by atoms with Crippen LogP contribution in [0.25, 0.3) is 0 Å². The van der Waals surface area contributed by atoms with Gasteiger partial charge in [-0.15, -0.1) is 0 Å². The topological polar surface area (TPSA) is 38.1 Å². The summed E-state index contributed by atoms with van der Waals surface area (Å²) in [6, 6.07) is 3.46. The van der Waals surface area contributed by atoms with Gasteiger partial charge in [0.15, 0.2) is 0 Å². The van der Waals surface area contributed by atoms with Gasteiger partial charge in [-0.1, -0.05) is 5.16 Å². The van der Waals surface area contributed by atoms with E-state index in [1.807, 2.05) is 6.92 Å². The largest absolute Gasteiger partial charge is 0.361 e. The van der Waals surface area contributed by atoms with E-state index in [4.69, 9.17) is 4.52 Å². The van der Waals surface area contributed by atoms with E-state index in [0.29, 0.717) is 12.0 Å². The van der Waals surface area contributed by atoms with Gasteiger partial charge in [-0.05, 0) is 26.2 Å². The Hall–Kier alpha value is -0.830. The molecule has 1 N–H and O–H groups in total. The monoisotopic (exact) mass is 178 g/mol. The molecule has 1 aromatic rings. The number of nitrogens with one attached hydrogen (secondary N) is 1. The highest BCUT2D eigenvalue weighted by Gasteiger charge is 2.41. The normalized spacial score (nSPS) is 37.2. The molecule has 3 nitrogen and oxygen atoms in total. The first kappa shape index (κ1) is 7.56. The Morgan fingerprint density at radius 3 is 3.00 bits per heavy atom. The lowest BCUT2D eigenvalue weighted by atomic mass is 9.87. The van der Waals surface area contributed by atoms with E-state index in [1.54, 1.807) is 0 Å². The standard InChI is InChI=1S/C10H14N2O/c1-6-4-10(13-12-6)8-5-7-2-3-9(8)11-7/h4,7-9,11H,2-3,5H2,1H3/t7-,8-,9+/m1/s1. The second kappa shape index (κ2) is 2.58. The summed E-state index contributed by atoms with van der Waals surface area (Å²) in [6.45, 7) is 1.98. The van der Waals surface area contributed by atoms with Crippen LogP contribution < -0.4 is 5.32 Å². The lowest BCUT2D eigenvalue weighted by molar-refractivity contribution is 0.334. The highest BCUT2D eigenvalue weighted by atomic mass is 16.5. The summed E-state index contributed by atoms with van der Waals surface area (Å²) < 4.78 is 5.31. The molecule has 3 heteroatoms. The fourth-order valence-electron chi connectivity index (χ4n) is 2.70. The molecule has 2 aliphatic heterocycles. The second-order valence-electron chi connectivity index (χ2n) is 4.26. The van der Waals surface area contributed by atoms with Crippen LogP contribution in [0.2, 0.25) is 0 Å². The van der Waals surface area contributed by atoms with Crippen LogP contribution in [0.1, 0.15) is 36.6 Å². The van der Waals surface area contributed by atoms with Gasteiger partial charge in [0.1, 0.15) is 5.76 Å². The zero-order valence-electron chi connectivity index (χ0n) is 7.79. The van der Waals surface area contributed by atoms with E-state index < -0.39 is 0 Å². The summed E-state index contributed by atoms with van der Waals surface area (Å²) in [7, 11) is 0. The van der Waals surface area contributed by atoms with Crippen LogP contribution in [0, 0.1) is 6.92 Å². The van der Waals surface area contributed by atoms with Gasteiger partial charge < -0.3 is 9.84 Å². The number of rotatable bonds is 1. The molecule has 0 spiro atoms. The van der Waals surface area contributed by atoms with E-state index in [0.717, 1.165) is 17.5 Å². The molecule has 2 fully saturated rings. The van der Waals surface area contributed by atoms with E-state index in [2.05, 4.69) is 16.5 Å². The number of hydrogen-bond donors (Lipinski definition) is 1. The Balaban J connectivity index is 1.87. The Kier molecular flexibility index (Phi) is 1.50. The molecule has 3 heterocycles. The Bertz CT molecular complexity index is 320. The molecule has 0 saturated carbocycles. The van der Waals surface area contributed by atoms with Gasteiger partial charge in [-0.3, -0.25) is 0 Å². The first-order chi connectivity index (χ1) is 6.33. The van der Waals surface area contributed by atoms with Crippen molar-refractivity contribution in [2.75, 3.05) is 0 Å². The van der Waals surface area contributed by atoms with Crippen LogP contribution >= 0.6 is 0 Å². The zero-order chi connectivity index (χ0) is 8.84. The minimum absolute atomic E-state index is 0.583. The molecule has 2 aliphatic rings. The molecule has 0 aromatic carbocycles. The van der Waals surface area contributed by atoms with Crippen molar-refractivity contribution in [3.8, 4) is 0 Å². The summed E-state index contributed by atoms with van der Waals surface area (Å²) in [6.07, 6.45) is 3.88. The molecule has 3 atom stereocenters. The van der Waals surface area contributed by atoms with Crippen LogP contribution in [-0.4, -0.2) is 17.2 Å². The van der Waals surface area contributed by atoms with Crippen LogP contribution in [0.3, 0.4) is 0 Å². The maximum absolute atomic E-state index is 5.31. The molecule has 0 amide bonds. The van der Waals surface area contributed by atoms with Crippen LogP contribution in [0.4, 0.5) is 0 Å². The van der Waals surface area contributed by atoms with E-state index in [1.165, 1.54) is 19.3 Å². The molecular formula is C10H14N2O. The van der Waals surface area contributed by atoms with Crippen molar-refractivity contribution in [1.82, 2.24) is 10.5 Å². The van der Waals surface area contributed by atoms with Crippen molar-refractivity contribution >= 4 is 0 Å². The molecule has 1 aromatic heterocycles. The predicted molar refractivity (Wildman–Crippen MR) is 48.5 cm³/mol. The zero-order valence-corrected chi connectivity index (χ0v) is 7.79. The van der Waals surface area contributed by atoms with E-state index >= 15 is 0 Å². The molecular weight excluding hydrogens is 164 g/mol. The van der Waals surface area contributed by atoms with Gasteiger partial charge in [0, 0.05) is 24.1 Å². The SMILES string of the molecule is Cc1cc([C@@H]2C[C@H]3CC[C@@H]2N3)on1. The van der Waals surface area contributed by atoms with Crippen molar-refractivity contribution in [1.29, 1.82) is 0 Å². The first-order valence-corrected chi connectivity index (χ1v) is 5.02. The van der Waals surface area contributed by atoms with Crippen molar-refractivity contribution in [3.63, 3.8) is 0 Å². The minimum atomic E-state index is 0.583. The van der Waals surface area contributed by atoms with Gasteiger partial charge in [0.2, 0.25) is 0 Å². The molecule has 2 saturated heterocycles. The van der Waals surface area contributed by atoms with Gasteiger partial charge in [0.05, 0.1) is 5.69 Å². The number of fused-ring (bicyclic) bond motifs is 2. The third-order valence-electron chi connectivity index (χ3n) is 3.31. The number of hydrogen-bond acceptors (Lipinski definition) is 3. The minimum Gasteiger partial charge on any atom is -0.361 e. The summed E-state index contributed by atoms with van der Waals surface area (Å²) in [5.41, 5.74) is 0.998. The summed E-state index contributed by atoms with van der Waals surface area (Å²) in [5, 5.41) is 7.54. The summed E-state index contributed by atoms with van der Waals surface area (Å²) >= 11 is 0. The molecule has 13 heavy (non-hydrogen) atoms. The second-order valence-corrected chi connectivity index (χ2v) is 4.26. The van der Waals surface area contributed by atoms with Crippen molar-refractivity contribution in [2.45, 2.75) is 44.2 Å². The van der Waals surface area contributed by atoms with Gasteiger partial charge in [0.25, 0.3) is 0 Å². The van der Waals surface area contributed by atoms with Crippen LogP contribution in [-0.2, 0) is 0 Å². The predicted octanol–water partition coefficient (Wildman–Crippen LogP) is 1.59. The molecule has 2 bridgehead atoms. The number of aryl methyl sites for hydroxylation is 1. The van der Waals surface area contributed by atoms with E-state index in [9.17, 15) is 0 Å². The highest BCUT2D eigenvalue weighted by Crippen LogP contribution is 2.39. The Labute approximate surface area is 77.5 Å². The molecule has 70 valence electrons. The van der Waals surface area contributed by atoms with Crippen molar-refractivity contribution < 1.29 is 4.52 Å². The fourth-order valence-corrected chi connectivity index (χ4v) is 2.70. The Morgan fingerprint density at radius 1 is 1.54 bits per heavy atom. The Morgan fingerprint density at radius 2 is 2.46 bits per heavy atom. The lowest BCUT2D eigenvalue weighted by Gasteiger charge is -2.16. The van der Waals surface area contributed by atoms with E-state index in [-0.39, 0.29) is 0 Å². The lowest BCUT2D eigenvalue weighted by Crippen LogP contribution is -2.21. The van der Waals surface area contributed by atoms with Crippen LogP contribution in [0.15, 0.2) is 10.6 Å². The quantitative estimate of drug-likeness (QED) is 0.709. The molecule has 0 unspecified atom stereocenters. The highest BCUT2D eigenvalue weighted by molar-refractivity contribution is 5.16. The summed E-state index contributed by atoms with van der Waals surface area (Å²) in [4.78, 5) is 0. The first-order valence-electron chi connectivity index (χ1n) is 5.02. The maximum Gasteiger partial charge on any atom is 0.141 e. The average Bonchev–Trinajstić information content (AvgIpc) is 2.77. The maximum atomic E-state index is 5.31.